The summed E-state index contributed by atoms with van der Waals surface area (Å²) < 4.78 is 0. The number of aromatic hydroxyl groups is 1. The quantitative estimate of drug-likeness (QED) is 0.416. The first-order valence-corrected chi connectivity index (χ1v) is 4.14. The number of hydrogen-bond acceptors (Lipinski definition) is 5. The lowest BCUT2D eigenvalue weighted by molar-refractivity contribution is 0.0827. The monoisotopic (exact) mass is 209 g/mol. The average Bonchev–Trinajstić information content (AvgIpc) is 2.20. The zero-order valence-electron chi connectivity index (χ0n) is 8.38. The SMILES string of the molecule is CN(C)C(=O)c1cnc(C=NO)c(O)c1. The lowest BCUT2D eigenvalue weighted by Gasteiger charge is -2.10. The molecule has 15 heavy (non-hydrogen) atoms. The zero-order valence-corrected chi connectivity index (χ0v) is 8.38. The third-order valence-electron chi connectivity index (χ3n) is 1.73. The van der Waals surface area contributed by atoms with Gasteiger partial charge in [-0.05, 0) is 6.07 Å². The van der Waals surface area contributed by atoms with Crippen LogP contribution >= 0.6 is 0 Å². The van der Waals surface area contributed by atoms with Gasteiger partial charge in [-0.1, -0.05) is 5.16 Å². The summed E-state index contributed by atoms with van der Waals surface area (Å²) in [4.78, 5) is 16.6. The molecule has 0 aliphatic heterocycles. The van der Waals surface area contributed by atoms with Crippen LogP contribution in [0.4, 0.5) is 0 Å². The highest BCUT2D eigenvalue weighted by atomic mass is 16.4. The number of hydrogen-bond donors (Lipinski definition) is 2. The van der Waals surface area contributed by atoms with Crippen LogP contribution in [-0.4, -0.2) is 46.4 Å². The van der Waals surface area contributed by atoms with E-state index in [4.69, 9.17) is 5.21 Å². The molecule has 0 aliphatic rings. The van der Waals surface area contributed by atoms with Crippen LogP contribution in [0.15, 0.2) is 17.4 Å². The van der Waals surface area contributed by atoms with E-state index < -0.39 is 0 Å². The van der Waals surface area contributed by atoms with E-state index in [0.29, 0.717) is 0 Å². The summed E-state index contributed by atoms with van der Waals surface area (Å²) in [6, 6.07) is 1.27. The van der Waals surface area contributed by atoms with Crippen molar-refractivity contribution in [3.05, 3.63) is 23.5 Å². The molecule has 6 heteroatoms. The third kappa shape index (κ3) is 2.43. The van der Waals surface area contributed by atoms with Gasteiger partial charge in [0, 0.05) is 20.3 Å². The minimum absolute atomic E-state index is 0.104. The second-order valence-electron chi connectivity index (χ2n) is 3.07. The minimum Gasteiger partial charge on any atom is -0.506 e. The molecule has 0 spiro atoms. The van der Waals surface area contributed by atoms with Crippen LogP contribution in [0.5, 0.6) is 5.75 Å². The summed E-state index contributed by atoms with van der Waals surface area (Å²) >= 11 is 0. The Morgan fingerprint density at radius 3 is 2.73 bits per heavy atom. The van der Waals surface area contributed by atoms with Crippen molar-refractivity contribution in [2.45, 2.75) is 0 Å². The van der Waals surface area contributed by atoms with Gasteiger partial charge < -0.3 is 15.2 Å². The molecule has 0 saturated heterocycles. The summed E-state index contributed by atoms with van der Waals surface area (Å²) in [7, 11) is 3.20. The van der Waals surface area contributed by atoms with Gasteiger partial charge in [-0.3, -0.25) is 9.78 Å². The fourth-order valence-corrected chi connectivity index (χ4v) is 0.993. The highest BCUT2D eigenvalue weighted by Gasteiger charge is 2.11. The Hall–Kier alpha value is -2.11. The third-order valence-corrected chi connectivity index (χ3v) is 1.73. The first-order chi connectivity index (χ1) is 7.06. The maximum atomic E-state index is 11.5. The average molecular weight is 209 g/mol. The normalized spacial score (nSPS) is 10.5. The molecular weight excluding hydrogens is 198 g/mol. The predicted octanol–water partition coefficient (Wildman–Crippen LogP) is 0.297. The molecular formula is C9H11N3O3. The number of aromatic nitrogens is 1. The molecule has 0 atom stereocenters. The molecule has 80 valence electrons. The van der Waals surface area contributed by atoms with Gasteiger partial charge in [-0.2, -0.15) is 0 Å². The highest BCUT2D eigenvalue weighted by Crippen LogP contribution is 2.14. The van der Waals surface area contributed by atoms with Crippen molar-refractivity contribution >= 4 is 12.1 Å². The number of amides is 1. The van der Waals surface area contributed by atoms with Gasteiger partial charge in [0.2, 0.25) is 0 Å². The molecule has 0 unspecified atom stereocenters. The lowest BCUT2D eigenvalue weighted by Crippen LogP contribution is -2.21. The molecule has 0 aliphatic carbocycles. The van der Waals surface area contributed by atoms with Crippen LogP contribution < -0.4 is 0 Å². The zero-order chi connectivity index (χ0) is 11.4. The van der Waals surface area contributed by atoms with Gasteiger partial charge in [-0.15, -0.1) is 0 Å². The van der Waals surface area contributed by atoms with E-state index in [1.54, 1.807) is 14.1 Å². The highest BCUT2D eigenvalue weighted by molar-refractivity contribution is 5.94. The van der Waals surface area contributed by atoms with Crippen molar-refractivity contribution in [2.24, 2.45) is 5.16 Å². The second-order valence-corrected chi connectivity index (χ2v) is 3.07. The van der Waals surface area contributed by atoms with E-state index in [-0.39, 0.29) is 22.9 Å². The summed E-state index contributed by atoms with van der Waals surface area (Å²) in [6.07, 6.45) is 2.29. The van der Waals surface area contributed by atoms with E-state index in [2.05, 4.69) is 10.1 Å². The number of oxime groups is 1. The van der Waals surface area contributed by atoms with Crippen molar-refractivity contribution in [1.82, 2.24) is 9.88 Å². The van der Waals surface area contributed by atoms with E-state index in [0.717, 1.165) is 6.21 Å². The number of rotatable bonds is 2. The number of carbonyl (C=O) groups excluding carboxylic acids is 1. The summed E-state index contributed by atoms with van der Waals surface area (Å²) in [5.41, 5.74) is 0.375. The molecule has 0 fully saturated rings. The van der Waals surface area contributed by atoms with Crippen molar-refractivity contribution < 1.29 is 15.1 Å². The number of pyridine rings is 1. The molecule has 2 N–H and O–H groups in total. The van der Waals surface area contributed by atoms with Gasteiger partial charge in [0.25, 0.3) is 5.91 Å². The number of carbonyl (C=O) groups is 1. The fraction of sp³-hybridized carbons (Fsp3) is 0.222. The lowest BCUT2D eigenvalue weighted by atomic mass is 10.2. The van der Waals surface area contributed by atoms with Gasteiger partial charge >= 0.3 is 0 Å². The Morgan fingerprint density at radius 2 is 2.27 bits per heavy atom. The van der Waals surface area contributed by atoms with Crippen LogP contribution in [0.3, 0.4) is 0 Å². The molecule has 0 aromatic carbocycles. The van der Waals surface area contributed by atoms with Gasteiger partial charge in [0.15, 0.2) is 0 Å². The minimum atomic E-state index is -0.259. The Bertz CT molecular complexity index is 402. The topological polar surface area (TPSA) is 86.0 Å². The smallest absolute Gasteiger partial charge is 0.255 e. The standard InChI is InChI=1S/C9H11N3O3/c1-12(2)9(14)6-3-8(13)7(5-11-15)10-4-6/h3-5,13,15H,1-2H3. The van der Waals surface area contributed by atoms with E-state index in [1.165, 1.54) is 17.2 Å². The van der Waals surface area contributed by atoms with Crippen LogP contribution in [0, 0.1) is 0 Å². The van der Waals surface area contributed by atoms with E-state index >= 15 is 0 Å². The molecule has 0 saturated carbocycles. The summed E-state index contributed by atoms with van der Waals surface area (Å²) in [6.45, 7) is 0. The van der Waals surface area contributed by atoms with E-state index in [9.17, 15) is 9.90 Å². The Balaban J connectivity index is 3.06. The van der Waals surface area contributed by atoms with Gasteiger partial charge in [-0.25, -0.2) is 0 Å². The molecule has 6 nitrogen and oxygen atoms in total. The van der Waals surface area contributed by atoms with Crippen LogP contribution in [-0.2, 0) is 0 Å². The van der Waals surface area contributed by atoms with Crippen LogP contribution in [0.1, 0.15) is 16.1 Å². The molecule has 1 rings (SSSR count). The molecule has 1 amide bonds. The van der Waals surface area contributed by atoms with E-state index in [1.807, 2.05) is 0 Å². The Labute approximate surface area is 86.5 Å². The molecule has 0 radical (unpaired) electrons. The van der Waals surface area contributed by atoms with Crippen molar-refractivity contribution in [3.8, 4) is 5.75 Å². The first kappa shape index (κ1) is 11.0. The summed E-state index contributed by atoms with van der Waals surface area (Å²) in [5.74, 6) is -0.467. The summed E-state index contributed by atoms with van der Waals surface area (Å²) in [5, 5.41) is 20.4. The number of nitrogens with zero attached hydrogens (tertiary/aromatic N) is 3. The van der Waals surface area contributed by atoms with Gasteiger partial charge in [0.05, 0.1) is 11.8 Å². The first-order valence-electron chi connectivity index (χ1n) is 4.14. The van der Waals surface area contributed by atoms with Crippen LogP contribution in [0.25, 0.3) is 0 Å². The van der Waals surface area contributed by atoms with Crippen molar-refractivity contribution in [2.75, 3.05) is 14.1 Å². The molecule has 1 aromatic heterocycles. The largest absolute Gasteiger partial charge is 0.506 e. The maximum absolute atomic E-state index is 11.5. The molecule has 1 heterocycles. The predicted molar refractivity (Wildman–Crippen MR) is 53.3 cm³/mol. The van der Waals surface area contributed by atoms with Gasteiger partial charge in [0.1, 0.15) is 11.4 Å². The molecule has 0 bridgehead atoms. The Kier molecular flexibility index (Phi) is 3.22. The maximum Gasteiger partial charge on any atom is 0.255 e. The Morgan fingerprint density at radius 1 is 1.60 bits per heavy atom. The molecule has 1 aromatic rings. The van der Waals surface area contributed by atoms with Crippen molar-refractivity contribution in [1.29, 1.82) is 0 Å². The fourth-order valence-electron chi connectivity index (χ4n) is 0.993. The van der Waals surface area contributed by atoms with Crippen LogP contribution in [0.2, 0.25) is 0 Å². The second kappa shape index (κ2) is 4.41. The van der Waals surface area contributed by atoms with Crippen molar-refractivity contribution in [3.63, 3.8) is 0 Å².